The summed E-state index contributed by atoms with van der Waals surface area (Å²) in [5.74, 6) is 0.833. The van der Waals surface area contributed by atoms with E-state index in [1.165, 1.54) is 0 Å². The zero-order valence-corrected chi connectivity index (χ0v) is 9.44. The fourth-order valence-corrected chi connectivity index (χ4v) is 0.184. The van der Waals surface area contributed by atoms with Gasteiger partial charge in [0.1, 0.15) is 0 Å². The highest BCUT2D eigenvalue weighted by atomic mass is 17.5. The van der Waals surface area contributed by atoms with Crippen LogP contribution in [0.5, 0.6) is 0 Å². The molecule has 5 heteroatoms. The maximum atomic E-state index is 9.64. The summed E-state index contributed by atoms with van der Waals surface area (Å²) in [5, 5.41) is 11.7. The molecule has 0 bridgehead atoms. The lowest BCUT2D eigenvalue weighted by atomic mass is 10.3. The van der Waals surface area contributed by atoms with Crippen molar-refractivity contribution >= 4 is 6.16 Å². The van der Waals surface area contributed by atoms with E-state index < -0.39 is 6.16 Å². The molecule has 86 valence electrons. The summed E-state index contributed by atoms with van der Waals surface area (Å²) in [4.78, 5) is 17.6. The average molecular weight is 208 g/mol. The Bertz CT molecular complexity index is 132. The molecule has 0 saturated carbocycles. The minimum atomic E-state index is -1.52. The Kier molecular flexibility index (Phi) is 11.5. The lowest BCUT2D eigenvalue weighted by Crippen LogP contribution is -2.09. The third-order valence-electron chi connectivity index (χ3n) is 0.884. The molecule has 0 aromatic heterocycles. The van der Waals surface area contributed by atoms with Gasteiger partial charge in [0.15, 0.2) is 0 Å². The van der Waals surface area contributed by atoms with E-state index in [1.807, 2.05) is 6.92 Å². The lowest BCUT2D eigenvalue weighted by molar-refractivity contribution is -0.499. The first-order valence-corrected chi connectivity index (χ1v) is 4.63. The first-order chi connectivity index (χ1) is 6.40. The molecule has 0 heterocycles. The number of hydrogen-bond donors (Lipinski definition) is 1. The zero-order chi connectivity index (χ0) is 11.6. The predicted octanol–water partition coefficient (Wildman–Crippen LogP) is 3.01. The molecule has 5 nitrogen and oxygen atoms in total. The summed E-state index contributed by atoms with van der Waals surface area (Å²) >= 11 is 0. The summed E-state index contributed by atoms with van der Waals surface area (Å²) in [6.45, 7) is 10.1. The van der Waals surface area contributed by atoms with Crippen molar-refractivity contribution in [1.29, 1.82) is 0 Å². The van der Waals surface area contributed by atoms with Crippen molar-refractivity contribution in [1.82, 2.24) is 0 Å². The van der Waals surface area contributed by atoms with Crippen LogP contribution in [0.25, 0.3) is 0 Å². The van der Waals surface area contributed by atoms with E-state index >= 15 is 0 Å². The van der Waals surface area contributed by atoms with E-state index in [9.17, 15) is 4.79 Å². The second-order valence-corrected chi connectivity index (χ2v) is 3.46. The number of hydrogen-bond acceptors (Lipinski definition) is 4. The minimum absolute atomic E-state index is 0.167. The van der Waals surface area contributed by atoms with Crippen molar-refractivity contribution in [3.05, 3.63) is 0 Å². The van der Waals surface area contributed by atoms with Crippen molar-refractivity contribution in [3.63, 3.8) is 0 Å². The van der Waals surface area contributed by atoms with Crippen molar-refractivity contribution in [3.8, 4) is 0 Å². The van der Waals surface area contributed by atoms with Gasteiger partial charge < -0.3 is 5.11 Å². The van der Waals surface area contributed by atoms with Crippen molar-refractivity contribution in [2.45, 2.75) is 47.1 Å². The Balaban J connectivity index is 0. The van der Waals surface area contributed by atoms with Gasteiger partial charge in [-0.3, -0.25) is 0 Å². The molecule has 1 atom stereocenters. The van der Waals surface area contributed by atoms with Crippen LogP contribution in [0.4, 0.5) is 4.79 Å². The summed E-state index contributed by atoms with van der Waals surface area (Å²) in [7, 11) is 0. The Morgan fingerprint density at radius 1 is 1.29 bits per heavy atom. The second-order valence-electron chi connectivity index (χ2n) is 3.46. The third-order valence-corrected chi connectivity index (χ3v) is 0.884. The van der Waals surface area contributed by atoms with Crippen LogP contribution in [0, 0.1) is 5.92 Å². The van der Waals surface area contributed by atoms with Gasteiger partial charge in [-0.15, -0.1) is 0 Å². The van der Waals surface area contributed by atoms with E-state index in [-0.39, 0.29) is 6.10 Å². The molecule has 0 saturated heterocycles. The van der Waals surface area contributed by atoms with Gasteiger partial charge in [-0.1, -0.05) is 27.7 Å². The zero-order valence-electron chi connectivity index (χ0n) is 9.44. The molecule has 1 N–H and O–H groups in total. The number of carbonyl (C=O) groups is 1. The Morgan fingerprint density at radius 2 is 1.71 bits per heavy atom. The fraction of sp³-hybridized carbons (Fsp3) is 0.889. The maximum Gasteiger partial charge on any atom is 0.540 e. The third kappa shape index (κ3) is 22.5. The molecule has 0 aliphatic heterocycles. The van der Waals surface area contributed by atoms with Gasteiger partial charge in [-0.2, -0.15) is 4.89 Å². The SMILES string of the molecule is CC(C)C.CCC(C)OOOC(=O)O. The van der Waals surface area contributed by atoms with E-state index in [0.29, 0.717) is 0 Å². The highest BCUT2D eigenvalue weighted by molar-refractivity contribution is 5.55. The van der Waals surface area contributed by atoms with Gasteiger partial charge in [-0.05, 0) is 24.3 Å². The van der Waals surface area contributed by atoms with E-state index in [1.54, 1.807) is 6.92 Å². The summed E-state index contributed by atoms with van der Waals surface area (Å²) in [5.41, 5.74) is 0. The monoisotopic (exact) mass is 208 g/mol. The van der Waals surface area contributed by atoms with Gasteiger partial charge >= 0.3 is 6.16 Å². The predicted molar refractivity (Wildman–Crippen MR) is 51.5 cm³/mol. The van der Waals surface area contributed by atoms with Crippen LogP contribution in [0.3, 0.4) is 0 Å². The molecule has 1 unspecified atom stereocenters. The summed E-state index contributed by atoms with van der Waals surface area (Å²) in [6, 6.07) is 0. The van der Waals surface area contributed by atoms with Crippen LogP contribution in [-0.2, 0) is 14.8 Å². The molecule has 0 rings (SSSR count). The minimum Gasteiger partial charge on any atom is -0.448 e. The van der Waals surface area contributed by atoms with Crippen molar-refractivity contribution in [2.75, 3.05) is 0 Å². The van der Waals surface area contributed by atoms with Crippen molar-refractivity contribution < 1.29 is 24.7 Å². The van der Waals surface area contributed by atoms with E-state index in [0.717, 1.165) is 12.3 Å². The van der Waals surface area contributed by atoms with Gasteiger partial charge in [0, 0.05) is 0 Å². The molecule has 14 heavy (non-hydrogen) atoms. The van der Waals surface area contributed by atoms with Crippen LogP contribution in [0.1, 0.15) is 41.0 Å². The Hall–Kier alpha value is -0.810. The molecule has 0 aromatic carbocycles. The van der Waals surface area contributed by atoms with Crippen LogP contribution < -0.4 is 0 Å². The Morgan fingerprint density at radius 3 is 2.00 bits per heavy atom. The Labute approximate surface area is 84.8 Å². The highest BCUT2D eigenvalue weighted by Crippen LogP contribution is 1.96. The molecular weight excluding hydrogens is 188 g/mol. The van der Waals surface area contributed by atoms with Gasteiger partial charge in [0.25, 0.3) is 0 Å². The highest BCUT2D eigenvalue weighted by Gasteiger charge is 2.02. The average Bonchev–Trinajstić information content (AvgIpc) is 2.02. The lowest BCUT2D eigenvalue weighted by Gasteiger charge is -2.04. The quantitative estimate of drug-likeness (QED) is 0.568. The van der Waals surface area contributed by atoms with Crippen LogP contribution >= 0.6 is 0 Å². The largest absolute Gasteiger partial charge is 0.540 e. The normalized spacial score (nSPS) is 11.6. The summed E-state index contributed by atoms with van der Waals surface area (Å²) in [6.07, 6.45) is -0.967. The van der Waals surface area contributed by atoms with Crippen LogP contribution in [-0.4, -0.2) is 17.4 Å². The first kappa shape index (κ1) is 15.7. The topological polar surface area (TPSA) is 65.0 Å². The molecule has 0 aromatic rings. The van der Waals surface area contributed by atoms with Gasteiger partial charge in [0.2, 0.25) is 0 Å². The van der Waals surface area contributed by atoms with Gasteiger partial charge in [-0.25, -0.2) is 9.68 Å². The molecule has 0 aliphatic rings. The molecule has 0 fully saturated rings. The molecule has 0 aliphatic carbocycles. The number of rotatable bonds is 4. The van der Waals surface area contributed by atoms with Crippen LogP contribution in [0.15, 0.2) is 0 Å². The molecule has 0 radical (unpaired) electrons. The van der Waals surface area contributed by atoms with E-state index in [4.69, 9.17) is 5.11 Å². The van der Waals surface area contributed by atoms with Crippen molar-refractivity contribution in [2.24, 2.45) is 5.92 Å². The van der Waals surface area contributed by atoms with E-state index in [2.05, 4.69) is 35.6 Å². The molecule has 0 spiro atoms. The number of carboxylic acid groups (broad SMARTS) is 1. The van der Waals surface area contributed by atoms with Crippen LogP contribution in [0.2, 0.25) is 0 Å². The fourth-order valence-electron chi connectivity index (χ4n) is 0.184. The second kappa shape index (κ2) is 10.3. The first-order valence-electron chi connectivity index (χ1n) is 4.63. The molecule has 0 amide bonds. The van der Waals surface area contributed by atoms with Gasteiger partial charge in [0.05, 0.1) is 6.10 Å². The standard InChI is InChI=1S/C5H10O5.C4H10/c1-3-4(2)8-10-9-5(6)7;1-4(2)3/h4H,3H2,1-2H3,(H,6,7);4H,1-3H3. The molecular formula is C9H20O5. The summed E-state index contributed by atoms with van der Waals surface area (Å²) < 4.78 is 0. The maximum absolute atomic E-state index is 9.64. The smallest absolute Gasteiger partial charge is 0.448 e.